The summed E-state index contributed by atoms with van der Waals surface area (Å²) in [6.45, 7) is 11.8. The molecule has 19 nitrogen and oxygen atoms in total. The number of aromatic nitrogens is 5. The molecule has 105 heavy (non-hydrogen) atoms. The van der Waals surface area contributed by atoms with Gasteiger partial charge in [0.15, 0.2) is 10.3 Å². The lowest BCUT2D eigenvalue weighted by atomic mass is 9.79. The minimum Gasteiger partial charge on any atom is -0.465 e. The minimum absolute atomic E-state index is 0.0215. The number of esters is 1. The van der Waals surface area contributed by atoms with Crippen LogP contribution in [0.5, 0.6) is 17.2 Å². The number of pyridine rings is 3. The van der Waals surface area contributed by atoms with E-state index in [1.54, 1.807) is 36.8 Å². The summed E-state index contributed by atoms with van der Waals surface area (Å²) in [6, 6.07) is 24.8. The number of ether oxygens (including phenoxy) is 4. The van der Waals surface area contributed by atoms with Crippen molar-refractivity contribution in [3.63, 3.8) is 0 Å². The van der Waals surface area contributed by atoms with Gasteiger partial charge < -0.3 is 55.3 Å². The third kappa shape index (κ3) is 21.0. The normalized spacial score (nSPS) is 14.5. The van der Waals surface area contributed by atoms with Crippen molar-refractivity contribution in [2.45, 2.75) is 90.5 Å². The van der Waals surface area contributed by atoms with Crippen LogP contribution in [0.2, 0.25) is 0 Å². The number of carbonyl (C=O) groups excluding carboxylic acids is 3. The molecule has 2 amide bonds. The van der Waals surface area contributed by atoms with E-state index in [-0.39, 0.29) is 73.0 Å². The Hall–Kier alpha value is -9.46. The summed E-state index contributed by atoms with van der Waals surface area (Å²) in [5.41, 5.74) is 23.0. The van der Waals surface area contributed by atoms with Crippen molar-refractivity contribution in [3.05, 3.63) is 211 Å². The largest absolute Gasteiger partial charge is 0.573 e. The maximum atomic E-state index is 14.3. The predicted molar refractivity (Wildman–Crippen MR) is 376 cm³/mol. The van der Waals surface area contributed by atoms with E-state index in [0.717, 1.165) is 96.1 Å². The van der Waals surface area contributed by atoms with Crippen molar-refractivity contribution < 1.29 is 95.3 Å². The predicted octanol–water partition coefficient (Wildman–Crippen LogP) is 15.9. The lowest BCUT2D eigenvalue weighted by Gasteiger charge is -2.32. The van der Waals surface area contributed by atoms with Crippen LogP contribution in [0, 0.1) is 17.5 Å². The number of nitrogens with zero attached hydrogens (tertiary/aromatic N) is 7. The number of halogens is 14. The van der Waals surface area contributed by atoms with Crippen LogP contribution in [0.3, 0.4) is 0 Å². The molecule has 0 saturated carbocycles. The number of carbonyl (C=O) groups is 3. The molecule has 36 heteroatoms. The van der Waals surface area contributed by atoms with E-state index >= 15 is 0 Å². The number of amides is 2. The molecule has 8 heterocycles. The fourth-order valence-electron chi connectivity index (χ4n) is 10.4. The first-order chi connectivity index (χ1) is 49.3. The molecule has 10 aromatic rings. The Morgan fingerprint density at radius 1 is 0.600 bits per heavy atom. The molecule has 1 saturated heterocycles. The van der Waals surface area contributed by atoms with E-state index in [9.17, 15) is 67.1 Å². The third-order valence-electron chi connectivity index (χ3n) is 16.1. The number of alkyl halides is 9. The van der Waals surface area contributed by atoms with Crippen molar-refractivity contribution in [1.29, 1.82) is 0 Å². The number of thiazole rings is 2. The van der Waals surface area contributed by atoms with Crippen molar-refractivity contribution in [2.75, 3.05) is 31.7 Å². The van der Waals surface area contributed by atoms with Gasteiger partial charge in [-0.05, 0) is 174 Å². The summed E-state index contributed by atoms with van der Waals surface area (Å²) in [5, 5.41) is 1.04. The van der Waals surface area contributed by atoms with Crippen LogP contribution in [-0.2, 0) is 46.5 Å². The molecule has 0 unspecified atom stereocenters. The van der Waals surface area contributed by atoms with Crippen LogP contribution < -0.4 is 36.9 Å². The quantitative estimate of drug-likeness (QED) is 0.0584. The second-order valence-electron chi connectivity index (χ2n) is 23.8. The second kappa shape index (κ2) is 32.9. The zero-order valence-electron chi connectivity index (χ0n) is 55.6. The second-order valence-corrected chi connectivity index (χ2v) is 27.8. The number of nitrogen functional groups attached to an aromatic ring is 2. The fraction of sp³-hybridized carbons (Fsp3) is 0.246. The number of hydrogen-bond acceptors (Lipinski definition) is 19. The van der Waals surface area contributed by atoms with Gasteiger partial charge in [-0.25, -0.2) is 27.9 Å². The van der Waals surface area contributed by atoms with Crippen LogP contribution in [0.1, 0.15) is 92.5 Å². The van der Waals surface area contributed by atoms with Crippen molar-refractivity contribution in [3.8, 4) is 28.4 Å². The average Bonchev–Trinajstić information content (AvgIpc) is 1.73. The van der Waals surface area contributed by atoms with E-state index in [1.807, 2.05) is 36.4 Å². The zero-order chi connectivity index (χ0) is 76.7. The number of benzene rings is 5. The minimum atomic E-state index is -4.90. The highest BCUT2D eigenvalue weighted by Crippen LogP contribution is 2.38. The SMILES string of the molecule is C=Cc1ncc(Br)cc1C(=O)OC.CC1(C)OB(c2ccc3nc(N)sc3c2)OC1(C)C.NCc1cc(OC(F)(F)F)ccc1F.Nc1nc2ccc(-c3cnc4c(c3)C(=O)N(Cc3cc(OC(F)(F)F)ccc3F)CC4)cc2s1.O=C1c2cc(Br)cnc2CCN1Cc1cc(OC(F)(F)F)ccc1F. The van der Waals surface area contributed by atoms with Crippen molar-refractivity contribution >= 4 is 122 Å². The molecule has 13 rings (SSSR count). The lowest BCUT2D eigenvalue weighted by Crippen LogP contribution is -2.41. The van der Waals surface area contributed by atoms with E-state index in [4.69, 9.17) is 26.5 Å². The smallest absolute Gasteiger partial charge is 0.465 e. The van der Waals surface area contributed by atoms with Gasteiger partial charge in [0.1, 0.15) is 34.7 Å². The third-order valence-corrected chi connectivity index (χ3v) is 18.6. The van der Waals surface area contributed by atoms with Gasteiger partial charge in [-0.15, -0.1) is 39.5 Å². The Labute approximate surface area is 615 Å². The van der Waals surface area contributed by atoms with Gasteiger partial charge in [0, 0.05) is 95.4 Å². The maximum Gasteiger partial charge on any atom is 0.573 e. The summed E-state index contributed by atoms with van der Waals surface area (Å²) in [4.78, 5) is 60.8. The van der Waals surface area contributed by atoms with Crippen LogP contribution in [0.15, 0.2) is 143 Å². The van der Waals surface area contributed by atoms with Crippen molar-refractivity contribution in [2.24, 2.45) is 5.73 Å². The number of fused-ring (bicyclic) bond motifs is 4. The Morgan fingerprint density at radius 3 is 1.51 bits per heavy atom. The Kier molecular flexibility index (Phi) is 25.0. The Bertz CT molecular complexity index is 4860. The molecule has 0 atom stereocenters. The van der Waals surface area contributed by atoms with Gasteiger partial charge in [0.25, 0.3) is 11.8 Å². The first-order valence-electron chi connectivity index (χ1n) is 30.9. The Balaban J connectivity index is 0.000000160. The fourth-order valence-corrected chi connectivity index (χ4v) is 12.6. The molecule has 0 spiro atoms. The standard InChI is InChI=1S/C23H16F4N4O2S.C16H11BrF4N2O2.C13H17BN2O2S.C9H8BrNO2.C8H7F4NO/c24-17-3-2-15(33-23(25,26)27)7-14(17)11-31-6-5-18-16(21(31)32)8-13(10-29-18)12-1-4-19-20(9-12)34-22(28)30-19;17-10-6-12-14(22-7-10)3-4-23(15(12)24)8-9-5-11(1-2-13(9)18)25-16(19,20)21;1-12(2)13(3,4)18-14(17-12)8-5-6-9-10(7-8)19-11(15)16-9;1-3-8-7(9(12)13-2)4-6(10)5-11-8;9-7-2-1-6(3-5(7)4-13)14-8(10,11)12/h1-4,7-10H,5-6,11H2,(H2,28,30);1-2,5-7H,3-4,8H2;5-7H,1-4H3,(H2,15,16);3-5H,1H2,2H3;1-3H,4,13H2. The maximum absolute atomic E-state index is 14.3. The monoisotopic (exact) mass is 1630 g/mol. The highest BCUT2D eigenvalue weighted by Gasteiger charge is 2.52. The molecular weight excluding hydrogens is 1580 g/mol. The molecule has 0 aliphatic carbocycles. The molecule has 5 aromatic heterocycles. The molecule has 6 N–H and O–H groups in total. The van der Waals surface area contributed by atoms with Gasteiger partial charge in [-0.2, -0.15) is 0 Å². The van der Waals surface area contributed by atoms with E-state index in [0.29, 0.717) is 67.9 Å². The summed E-state index contributed by atoms with van der Waals surface area (Å²) < 4.78 is 182. The number of hydrogen-bond donors (Lipinski definition) is 3. The number of methoxy groups -OCH3 is 1. The van der Waals surface area contributed by atoms with Gasteiger partial charge in [-0.1, -0.05) is 41.4 Å². The molecule has 5 aromatic carbocycles. The first-order valence-corrected chi connectivity index (χ1v) is 34.1. The van der Waals surface area contributed by atoms with E-state index < -0.39 is 59.8 Å². The van der Waals surface area contributed by atoms with Crippen LogP contribution >= 0.6 is 54.5 Å². The summed E-state index contributed by atoms with van der Waals surface area (Å²) in [7, 11) is 0.994. The van der Waals surface area contributed by atoms with Gasteiger partial charge in [0.05, 0.1) is 72.5 Å². The number of nitrogens with two attached hydrogens (primary N) is 3. The molecule has 552 valence electrons. The molecule has 0 radical (unpaired) electrons. The number of rotatable bonds is 12. The molecule has 3 aliphatic rings. The van der Waals surface area contributed by atoms with Gasteiger partial charge >= 0.3 is 32.2 Å². The van der Waals surface area contributed by atoms with Gasteiger partial charge in [0.2, 0.25) is 0 Å². The first kappa shape index (κ1) is 79.7. The molecule has 3 aliphatic heterocycles. The summed E-state index contributed by atoms with van der Waals surface area (Å²) in [6.07, 6.45) is -7.24. The lowest BCUT2D eigenvalue weighted by molar-refractivity contribution is -0.275. The molecule has 0 bridgehead atoms. The summed E-state index contributed by atoms with van der Waals surface area (Å²) in [5.74, 6) is -4.77. The van der Waals surface area contributed by atoms with E-state index in [2.05, 4.69) is 110 Å². The van der Waals surface area contributed by atoms with Crippen LogP contribution in [0.25, 0.3) is 37.6 Å². The average molecular weight is 1640 g/mol. The van der Waals surface area contributed by atoms with Crippen LogP contribution in [-0.4, -0.2) is 110 Å². The molecule has 1 fully saturated rings. The topological polar surface area (TPSA) is 256 Å². The van der Waals surface area contributed by atoms with Crippen molar-refractivity contribution in [1.82, 2.24) is 34.7 Å². The zero-order valence-corrected chi connectivity index (χ0v) is 60.4. The van der Waals surface area contributed by atoms with Gasteiger partial charge in [-0.3, -0.25) is 24.5 Å². The van der Waals surface area contributed by atoms with E-state index in [1.165, 1.54) is 45.7 Å². The van der Waals surface area contributed by atoms with Crippen LogP contribution in [0.4, 0.5) is 62.9 Å². The highest BCUT2D eigenvalue weighted by atomic mass is 79.9. The number of anilines is 2. The highest BCUT2D eigenvalue weighted by molar-refractivity contribution is 9.10. The summed E-state index contributed by atoms with van der Waals surface area (Å²) >= 11 is 9.29. The molecular formula is C69H59BBr2F12N10O9S2. The Morgan fingerprint density at radius 2 is 1.04 bits per heavy atom.